The number of hydrogen-bond donors (Lipinski definition) is 0. The van der Waals surface area contributed by atoms with Crippen LogP contribution in [0.25, 0.3) is 0 Å². The van der Waals surface area contributed by atoms with Gasteiger partial charge in [-0.05, 0) is 18.6 Å². The Morgan fingerprint density at radius 2 is 1.73 bits per heavy atom. The lowest BCUT2D eigenvalue weighted by Gasteiger charge is -2.30. The predicted octanol–water partition coefficient (Wildman–Crippen LogP) is 0.907. The van der Waals surface area contributed by atoms with E-state index in [0.29, 0.717) is 37.7 Å². The standard InChI is InChI=1S/C16H20N2O4/c1-12(19)17-7-4-8-18(10-9-17)16(20)15-11-21-13-5-2-3-6-14(13)22-15/h2-3,5-6,15H,4,7-11H2,1H3. The molecule has 2 aliphatic heterocycles. The number of para-hydroxylation sites is 2. The minimum Gasteiger partial charge on any atom is -0.485 e. The zero-order chi connectivity index (χ0) is 15.5. The van der Waals surface area contributed by atoms with E-state index >= 15 is 0 Å². The SMILES string of the molecule is CC(=O)N1CCCN(C(=O)C2COc3ccccc3O2)CC1. The molecule has 0 spiro atoms. The lowest BCUT2D eigenvalue weighted by molar-refractivity contribution is -0.141. The molecule has 0 N–H and O–H groups in total. The summed E-state index contributed by atoms with van der Waals surface area (Å²) in [6, 6.07) is 7.35. The third-order valence-electron chi connectivity index (χ3n) is 4.04. The fourth-order valence-corrected chi connectivity index (χ4v) is 2.80. The Kier molecular flexibility index (Phi) is 4.18. The zero-order valence-electron chi connectivity index (χ0n) is 12.7. The summed E-state index contributed by atoms with van der Waals surface area (Å²) >= 11 is 0. The predicted molar refractivity (Wildman–Crippen MR) is 79.8 cm³/mol. The van der Waals surface area contributed by atoms with Crippen molar-refractivity contribution in [2.75, 3.05) is 32.8 Å². The minimum atomic E-state index is -0.612. The van der Waals surface area contributed by atoms with Crippen LogP contribution in [0.3, 0.4) is 0 Å². The summed E-state index contributed by atoms with van der Waals surface area (Å²) in [7, 11) is 0. The van der Waals surface area contributed by atoms with E-state index in [1.165, 1.54) is 0 Å². The molecule has 0 radical (unpaired) electrons. The maximum Gasteiger partial charge on any atom is 0.267 e. The molecule has 1 saturated heterocycles. The molecule has 0 aliphatic carbocycles. The van der Waals surface area contributed by atoms with Gasteiger partial charge in [0, 0.05) is 33.1 Å². The molecule has 1 aromatic rings. The molecule has 6 heteroatoms. The number of carbonyl (C=O) groups excluding carboxylic acids is 2. The van der Waals surface area contributed by atoms with Crippen molar-refractivity contribution in [1.29, 1.82) is 0 Å². The lowest BCUT2D eigenvalue weighted by Crippen LogP contribution is -2.47. The topological polar surface area (TPSA) is 59.1 Å². The van der Waals surface area contributed by atoms with Crippen LogP contribution in [-0.2, 0) is 9.59 Å². The van der Waals surface area contributed by atoms with E-state index in [1.807, 2.05) is 18.2 Å². The number of benzene rings is 1. The third kappa shape index (κ3) is 3.00. The van der Waals surface area contributed by atoms with Crippen LogP contribution in [-0.4, -0.2) is 60.5 Å². The highest BCUT2D eigenvalue weighted by atomic mass is 16.6. The van der Waals surface area contributed by atoms with Gasteiger partial charge >= 0.3 is 0 Å². The number of rotatable bonds is 1. The van der Waals surface area contributed by atoms with Gasteiger partial charge in [0.2, 0.25) is 12.0 Å². The van der Waals surface area contributed by atoms with E-state index in [1.54, 1.807) is 22.8 Å². The Hall–Kier alpha value is -2.24. The maximum atomic E-state index is 12.6. The second-order valence-corrected chi connectivity index (χ2v) is 5.55. The van der Waals surface area contributed by atoms with Gasteiger partial charge in [0.1, 0.15) is 6.61 Å². The molecule has 6 nitrogen and oxygen atoms in total. The van der Waals surface area contributed by atoms with Crippen LogP contribution in [0.4, 0.5) is 0 Å². The van der Waals surface area contributed by atoms with Crippen LogP contribution in [0.15, 0.2) is 24.3 Å². The van der Waals surface area contributed by atoms with Crippen LogP contribution in [0.2, 0.25) is 0 Å². The molecule has 1 atom stereocenters. The van der Waals surface area contributed by atoms with Gasteiger partial charge < -0.3 is 19.3 Å². The van der Waals surface area contributed by atoms with Crippen molar-refractivity contribution in [3.8, 4) is 11.5 Å². The van der Waals surface area contributed by atoms with E-state index in [4.69, 9.17) is 9.47 Å². The van der Waals surface area contributed by atoms with Crippen LogP contribution < -0.4 is 9.47 Å². The van der Waals surface area contributed by atoms with Crippen molar-refractivity contribution < 1.29 is 19.1 Å². The second kappa shape index (κ2) is 6.25. The van der Waals surface area contributed by atoms with Gasteiger partial charge in [-0.2, -0.15) is 0 Å². The summed E-state index contributed by atoms with van der Waals surface area (Å²) in [5.74, 6) is 1.26. The van der Waals surface area contributed by atoms with E-state index in [-0.39, 0.29) is 18.4 Å². The summed E-state index contributed by atoms with van der Waals surface area (Å²) in [4.78, 5) is 27.6. The third-order valence-corrected chi connectivity index (χ3v) is 4.04. The highest BCUT2D eigenvalue weighted by molar-refractivity contribution is 5.82. The van der Waals surface area contributed by atoms with Crippen LogP contribution in [0, 0.1) is 0 Å². The van der Waals surface area contributed by atoms with Gasteiger partial charge in [-0.25, -0.2) is 0 Å². The summed E-state index contributed by atoms with van der Waals surface area (Å²) in [5, 5.41) is 0. The molecule has 2 amide bonds. The molecule has 22 heavy (non-hydrogen) atoms. The molecule has 1 aromatic carbocycles. The first kappa shape index (κ1) is 14.7. The number of carbonyl (C=O) groups is 2. The molecule has 2 heterocycles. The van der Waals surface area contributed by atoms with Crippen molar-refractivity contribution in [2.45, 2.75) is 19.4 Å². The average Bonchev–Trinajstić information content (AvgIpc) is 2.80. The summed E-state index contributed by atoms with van der Waals surface area (Å²) in [6.07, 6.45) is 0.175. The van der Waals surface area contributed by atoms with Crippen LogP contribution in [0.1, 0.15) is 13.3 Å². The van der Waals surface area contributed by atoms with Crippen molar-refractivity contribution in [2.24, 2.45) is 0 Å². The number of fused-ring (bicyclic) bond motifs is 1. The maximum absolute atomic E-state index is 12.6. The Bertz CT molecular complexity index is 575. The molecule has 1 unspecified atom stereocenters. The molecule has 0 saturated carbocycles. The van der Waals surface area contributed by atoms with E-state index in [2.05, 4.69) is 0 Å². The second-order valence-electron chi connectivity index (χ2n) is 5.55. The average molecular weight is 304 g/mol. The fraction of sp³-hybridized carbons (Fsp3) is 0.500. The quantitative estimate of drug-likeness (QED) is 0.774. The Labute approximate surface area is 129 Å². The summed E-state index contributed by atoms with van der Waals surface area (Å²) < 4.78 is 11.4. The number of amides is 2. The van der Waals surface area contributed by atoms with Crippen molar-refractivity contribution in [1.82, 2.24) is 9.80 Å². The first-order valence-electron chi connectivity index (χ1n) is 7.58. The number of ether oxygens (including phenoxy) is 2. The first-order chi connectivity index (χ1) is 10.6. The number of nitrogens with zero attached hydrogens (tertiary/aromatic N) is 2. The minimum absolute atomic E-state index is 0.0560. The smallest absolute Gasteiger partial charge is 0.267 e. The van der Waals surface area contributed by atoms with Gasteiger partial charge in [-0.15, -0.1) is 0 Å². The first-order valence-corrected chi connectivity index (χ1v) is 7.58. The van der Waals surface area contributed by atoms with E-state index < -0.39 is 6.10 Å². The van der Waals surface area contributed by atoms with Crippen molar-refractivity contribution in [3.63, 3.8) is 0 Å². The van der Waals surface area contributed by atoms with Crippen molar-refractivity contribution >= 4 is 11.8 Å². The van der Waals surface area contributed by atoms with Crippen LogP contribution >= 0.6 is 0 Å². The monoisotopic (exact) mass is 304 g/mol. The normalized spacial score (nSPS) is 21.2. The molecule has 0 aromatic heterocycles. The molecule has 1 fully saturated rings. The molecule has 3 rings (SSSR count). The van der Waals surface area contributed by atoms with Crippen LogP contribution in [0.5, 0.6) is 11.5 Å². The molecule has 0 bridgehead atoms. The highest BCUT2D eigenvalue weighted by Gasteiger charge is 2.32. The highest BCUT2D eigenvalue weighted by Crippen LogP contribution is 2.31. The van der Waals surface area contributed by atoms with E-state index in [9.17, 15) is 9.59 Å². The van der Waals surface area contributed by atoms with Gasteiger partial charge in [0.15, 0.2) is 11.5 Å². The van der Waals surface area contributed by atoms with E-state index in [0.717, 1.165) is 6.42 Å². The fourth-order valence-electron chi connectivity index (χ4n) is 2.80. The zero-order valence-corrected chi connectivity index (χ0v) is 12.7. The lowest BCUT2D eigenvalue weighted by atomic mass is 10.2. The summed E-state index contributed by atoms with van der Waals surface area (Å²) in [5.41, 5.74) is 0. The molecule has 2 aliphatic rings. The summed E-state index contributed by atoms with van der Waals surface area (Å²) in [6.45, 7) is 4.24. The van der Waals surface area contributed by atoms with Gasteiger partial charge in [-0.1, -0.05) is 12.1 Å². The Balaban J connectivity index is 1.64. The van der Waals surface area contributed by atoms with Crippen molar-refractivity contribution in [3.05, 3.63) is 24.3 Å². The van der Waals surface area contributed by atoms with Gasteiger partial charge in [0.25, 0.3) is 5.91 Å². The molecular formula is C16H20N2O4. The Morgan fingerprint density at radius 3 is 2.50 bits per heavy atom. The largest absolute Gasteiger partial charge is 0.485 e. The molecular weight excluding hydrogens is 284 g/mol. The number of hydrogen-bond acceptors (Lipinski definition) is 4. The Morgan fingerprint density at radius 1 is 1.05 bits per heavy atom. The van der Waals surface area contributed by atoms with Gasteiger partial charge in [-0.3, -0.25) is 9.59 Å². The molecule has 118 valence electrons. The van der Waals surface area contributed by atoms with Gasteiger partial charge in [0.05, 0.1) is 0 Å².